The van der Waals surface area contributed by atoms with Crippen LogP contribution in [0.3, 0.4) is 0 Å². The van der Waals surface area contributed by atoms with Gasteiger partial charge in [-0.25, -0.2) is 4.79 Å². The van der Waals surface area contributed by atoms with Gasteiger partial charge in [-0.3, -0.25) is 9.78 Å². The van der Waals surface area contributed by atoms with E-state index >= 15 is 0 Å². The molecule has 2 N–H and O–H groups in total. The van der Waals surface area contributed by atoms with E-state index in [0.717, 1.165) is 11.3 Å². The van der Waals surface area contributed by atoms with E-state index in [-0.39, 0.29) is 18.1 Å². The summed E-state index contributed by atoms with van der Waals surface area (Å²) in [6.45, 7) is 2.15. The fourth-order valence-corrected chi connectivity index (χ4v) is 1.53. The highest BCUT2D eigenvalue weighted by Crippen LogP contribution is 2.08. The van der Waals surface area contributed by atoms with Crippen LogP contribution in [-0.4, -0.2) is 22.0 Å². The summed E-state index contributed by atoms with van der Waals surface area (Å²) in [5.74, 6) is -1.98. The number of nitrogens with zero attached hydrogens (tertiary/aromatic N) is 1. The number of aromatic nitrogens is 1. The smallest absolute Gasteiger partial charge is 0.371 e. The number of pyridine rings is 1. The number of carbonyl (C=O) groups is 2. The number of furan rings is 1. The van der Waals surface area contributed by atoms with Crippen molar-refractivity contribution in [3.8, 4) is 0 Å². The SMILES string of the molecule is Cc1cccnc1CNC(=O)c1ccc(C(=O)O)o1. The van der Waals surface area contributed by atoms with Crippen LogP contribution >= 0.6 is 0 Å². The van der Waals surface area contributed by atoms with Crippen molar-refractivity contribution in [1.82, 2.24) is 10.3 Å². The molecule has 2 aromatic heterocycles. The Morgan fingerprint density at radius 1 is 1.32 bits per heavy atom. The summed E-state index contributed by atoms with van der Waals surface area (Å²) in [5, 5.41) is 11.3. The maximum atomic E-state index is 11.7. The second-order valence-electron chi connectivity index (χ2n) is 3.92. The van der Waals surface area contributed by atoms with Gasteiger partial charge in [-0.15, -0.1) is 0 Å². The molecule has 1 amide bonds. The molecule has 0 aliphatic rings. The molecule has 6 heteroatoms. The lowest BCUT2D eigenvalue weighted by Gasteiger charge is -2.05. The van der Waals surface area contributed by atoms with E-state index in [0.29, 0.717) is 0 Å². The zero-order valence-corrected chi connectivity index (χ0v) is 10.2. The lowest BCUT2D eigenvalue weighted by molar-refractivity contribution is 0.0659. The number of aromatic carboxylic acids is 1. The lowest BCUT2D eigenvalue weighted by Crippen LogP contribution is -2.23. The summed E-state index contributed by atoms with van der Waals surface area (Å²) >= 11 is 0. The van der Waals surface area contributed by atoms with E-state index < -0.39 is 11.9 Å². The van der Waals surface area contributed by atoms with Crippen LogP contribution in [0.4, 0.5) is 0 Å². The van der Waals surface area contributed by atoms with E-state index in [1.807, 2.05) is 19.1 Å². The Morgan fingerprint density at radius 2 is 2.05 bits per heavy atom. The third kappa shape index (κ3) is 2.98. The molecule has 0 aliphatic heterocycles. The molecule has 0 unspecified atom stereocenters. The van der Waals surface area contributed by atoms with E-state index in [2.05, 4.69) is 10.3 Å². The Morgan fingerprint density at radius 3 is 2.68 bits per heavy atom. The first-order valence-electron chi connectivity index (χ1n) is 5.60. The third-order valence-electron chi connectivity index (χ3n) is 2.57. The molecule has 98 valence electrons. The molecule has 6 nitrogen and oxygen atoms in total. The van der Waals surface area contributed by atoms with E-state index in [1.165, 1.54) is 12.1 Å². The van der Waals surface area contributed by atoms with Gasteiger partial charge in [0.1, 0.15) is 0 Å². The van der Waals surface area contributed by atoms with E-state index in [1.54, 1.807) is 6.20 Å². The molecule has 0 aromatic carbocycles. The number of nitrogens with one attached hydrogen (secondary N) is 1. The summed E-state index contributed by atoms with van der Waals surface area (Å²) < 4.78 is 4.89. The van der Waals surface area contributed by atoms with Crippen LogP contribution in [0.1, 0.15) is 32.4 Å². The fourth-order valence-electron chi connectivity index (χ4n) is 1.53. The highest BCUT2D eigenvalue weighted by Gasteiger charge is 2.14. The molecule has 2 heterocycles. The van der Waals surface area contributed by atoms with Gasteiger partial charge in [-0.1, -0.05) is 6.07 Å². The molecule has 0 radical (unpaired) electrons. The standard InChI is InChI=1S/C13H12N2O4/c1-8-3-2-6-14-9(8)7-15-12(16)10-4-5-11(19-10)13(17)18/h2-6H,7H2,1H3,(H,15,16)(H,17,18). The van der Waals surface area contributed by atoms with Gasteiger partial charge in [0.2, 0.25) is 5.76 Å². The van der Waals surface area contributed by atoms with Gasteiger partial charge >= 0.3 is 5.97 Å². The minimum absolute atomic E-state index is 0.0361. The average Bonchev–Trinajstić information content (AvgIpc) is 2.87. The number of amides is 1. The molecule has 0 bridgehead atoms. The van der Waals surface area contributed by atoms with Crippen molar-refractivity contribution in [2.75, 3.05) is 0 Å². The van der Waals surface area contributed by atoms with Crippen molar-refractivity contribution in [2.24, 2.45) is 0 Å². The number of carbonyl (C=O) groups excluding carboxylic acids is 1. The van der Waals surface area contributed by atoms with Crippen LogP contribution < -0.4 is 5.32 Å². The first kappa shape index (κ1) is 12.8. The predicted molar refractivity (Wildman–Crippen MR) is 65.8 cm³/mol. The maximum absolute atomic E-state index is 11.7. The number of hydrogen-bond acceptors (Lipinski definition) is 4. The molecular formula is C13H12N2O4. The van der Waals surface area contributed by atoms with Crippen molar-refractivity contribution >= 4 is 11.9 Å². The van der Waals surface area contributed by atoms with Gasteiger partial charge in [0.05, 0.1) is 12.2 Å². The van der Waals surface area contributed by atoms with Gasteiger partial charge in [0.15, 0.2) is 5.76 Å². The van der Waals surface area contributed by atoms with Crippen molar-refractivity contribution in [3.63, 3.8) is 0 Å². The number of hydrogen-bond donors (Lipinski definition) is 2. The van der Waals surface area contributed by atoms with Gasteiger partial charge in [-0.05, 0) is 30.7 Å². The summed E-state index contributed by atoms with van der Waals surface area (Å²) in [6, 6.07) is 6.27. The molecular weight excluding hydrogens is 248 g/mol. The Bertz CT molecular complexity index is 619. The third-order valence-corrected chi connectivity index (χ3v) is 2.57. The molecule has 0 spiro atoms. The Kier molecular flexibility index (Phi) is 3.61. The largest absolute Gasteiger partial charge is 0.475 e. The normalized spacial score (nSPS) is 10.2. The molecule has 0 aliphatic carbocycles. The second-order valence-corrected chi connectivity index (χ2v) is 3.92. The van der Waals surface area contributed by atoms with Gasteiger partial charge in [0, 0.05) is 6.20 Å². The first-order valence-corrected chi connectivity index (χ1v) is 5.60. The van der Waals surface area contributed by atoms with Gasteiger partial charge in [-0.2, -0.15) is 0 Å². The van der Waals surface area contributed by atoms with Crippen molar-refractivity contribution < 1.29 is 19.1 Å². The van der Waals surface area contributed by atoms with E-state index in [4.69, 9.17) is 9.52 Å². The minimum atomic E-state index is -1.21. The summed E-state index contributed by atoms with van der Waals surface area (Å²) in [4.78, 5) is 26.5. The zero-order valence-electron chi connectivity index (χ0n) is 10.2. The molecule has 2 aromatic rings. The van der Waals surface area contributed by atoms with Gasteiger partial charge in [0.25, 0.3) is 5.91 Å². The average molecular weight is 260 g/mol. The quantitative estimate of drug-likeness (QED) is 0.871. The Hall–Kier alpha value is -2.63. The molecule has 0 atom stereocenters. The van der Waals surface area contributed by atoms with Crippen molar-refractivity contribution in [1.29, 1.82) is 0 Å². The predicted octanol–water partition coefficient (Wildman–Crippen LogP) is 1.61. The molecule has 0 saturated carbocycles. The minimum Gasteiger partial charge on any atom is -0.475 e. The highest BCUT2D eigenvalue weighted by atomic mass is 16.4. The zero-order chi connectivity index (χ0) is 13.8. The highest BCUT2D eigenvalue weighted by molar-refractivity contribution is 5.93. The van der Waals surface area contributed by atoms with Crippen LogP contribution in [0.5, 0.6) is 0 Å². The molecule has 0 fully saturated rings. The number of carboxylic acids is 1. The van der Waals surface area contributed by atoms with Crippen LogP contribution in [0.2, 0.25) is 0 Å². The molecule has 2 rings (SSSR count). The number of carboxylic acid groups (broad SMARTS) is 1. The van der Waals surface area contributed by atoms with Crippen LogP contribution in [-0.2, 0) is 6.54 Å². The monoisotopic (exact) mass is 260 g/mol. The lowest BCUT2D eigenvalue weighted by atomic mass is 10.2. The molecule has 0 saturated heterocycles. The summed E-state index contributed by atoms with van der Waals surface area (Å²) in [5.41, 5.74) is 1.72. The van der Waals surface area contributed by atoms with Crippen LogP contribution in [0.25, 0.3) is 0 Å². The van der Waals surface area contributed by atoms with Crippen LogP contribution in [0, 0.1) is 6.92 Å². The number of aryl methyl sites for hydroxylation is 1. The maximum Gasteiger partial charge on any atom is 0.371 e. The van der Waals surface area contributed by atoms with Crippen molar-refractivity contribution in [2.45, 2.75) is 13.5 Å². The second kappa shape index (κ2) is 5.34. The fraction of sp³-hybridized carbons (Fsp3) is 0.154. The van der Waals surface area contributed by atoms with Crippen molar-refractivity contribution in [3.05, 3.63) is 53.2 Å². The first-order chi connectivity index (χ1) is 9.08. The van der Waals surface area contributed by atoms with E-state index in [9.17, 15) is 9.59 Å². The number of rotatable bonds is 4. The Labute approximate surface area is 109 Å². The molecule has 19 heavy (non-hydrogen) atoms. The van der Waals surface area contributed by atoms with Gasteiger partial charge < -0.3 is 14.8 Å². The topological polar surface area (TPSA) is 92.4 Å². The summed E-state index contributed by atoms with van der Waals surface area (Å²) in [7, 11) is 0. The summed E-state index contributed by atoms with van der Waals surface area (Å²) in [6.07, 6.45) is 1.64. The van der Waals surface area contributed by atoms with Crippen LogP contribution in [0.15, 0.2) is 34.9 Å². The Balaban J connectivity index is 2.01.